The van der Waals surface area contributed by atoms with Crippen molar-refractivity contribution in [3.05, 3.63) is 18.1 Å². The highest BCUT2D eigenvalue weighted by Gasteiger charge is 2.30. The van der Waals surface area contributed by atoms with E-state index in [1.807, 2.05) is 6.92 Å². The Morgan fingerprint density at radius 1 is 1.65 bits per heavy atom. The number of aryl methyl sites for hydroxylation is 1. The number of nitrogens with zero attached hydrogens (tertiary/aromatic N) is 2. The standard InChI is InChI=1S/C11H15N3O3/c1-7-12-5-4-10(14-7)13-6-8-2-3-9(17-8)11(15)16/h4-5,8-9H,2-3,6H2,1H3,(H,15,16)(H,12,13,14)/t8-,9+/m0/s1. The summed E-state index contributed by atoms with van der Waals surface area (Å²) in [6.07, 6.45) is 2.29. The Labute approximate surface area is 99.0 Å². The predicted octanol–water partition coefficient (Wildman–Crippen LogP) is 0.829. The van der Waals surface area contributed by atoms with Gasteiger partial charge in [-0.25, -0.2) is 14.8 Å². The number of anilines is 1. The monoisotopic (exact) mass is 237 g/mol. The van der Waals surface area contributed by atoms with Crippen molar-refractivity contribution >= 4 is 11.8 Å². The van der Waals surface area contributed by atoms with Crippen LogP contribution in [0.2, 0.25) is 0 Å². The van der Waals surface area contributed by atoms with Crippen LogP contribution >= 0.6 is 0 Å². The zero-order valence-electron chi connectivity index (χ0n) is 9.59. The highest BCUT2D eigenvalue weighted by atomic mass is 16.5. The van der Waals surface area contributed by atoms with Gasteiger partial charge < -0.3 is 15.2 Å². The molecule has 0 amide bonds. The van der Waals surface area contributed by atoms with E-state index >= 15 is 0 Å². The van der Waals surface area contributed by atoms with Crippen molar-refractivity contribution in [3.8, 4) is 0 Å². The highest BCUT2D eigenvalue weighted by Crippen LogP contribution is 2.20. The van der Waals surface area contributed by atoms with Crippen molar-refractivity contribution in [3.63, 3.8) is 0 Å². The van der Waals surface area contributed by atoms with Gasteiger partial charge in [-0.3, -0.25) is 0 Å². The summed E-state index contributed by atoms with van der Waals surface area (Å²) in [5.41, 5.74) is 0. The molecule has 92 valence electrons. The van der Waals surface area contributed by atoms with E-state index in [0.29, 0.717) is 18.8 Å². The predicted molar refractivity (Wildman–Crippen MR) is 60.8 cm³/mol. The highest BCUT2D eigenvalue weighted by molar-refractivity contribution is 5.72. The van der Waals surface area contributed by atoms with Crippen LogP contribution in [0.3, 0.4) is 0 Å². The van der Waals surface area contributed by atoms with Crippen molar-refractivity contribution < 1.29 is 14.6 Å². The molecule has 0 saturated carbocycles. The quantitative estimate of drug-likeness (QED) is 0.806. The van der Waals surface area contributed by atoms with Crippen molar-refractivity contribution in [1.29, 1.82) is 0 Å². The van der Waals surface area contributed by atoms with Gasteiger partial charge in [-0.1, -0.05) is 0 Å². The summed E-state index contributed by atoms with van der Waals surface area (Å²) in [6.45, 7) is 2.39. The molecular weight excluding hydrogens is 222 g/mol. The fourth-order valence-corrected chi connectivity index (χ4v) is 1.81. The molecule has 0 unspecified atom stereocenters. The van der Waals surface area contributed by atoms with Gasteiger partial charge in [-0.05, 0) is 25.8 Å². The first-order valence-electron chi connectivity index (χ1n) is 5.57. The number of rotatable bonds is 4. The zero-order valence-corrected chi connectivity index (χ0v) is 9.59. The molecule has 1 aromatic rings. The number of ether oxygens (including phenoxy) is 1. The molecular formula is C11H15N3O3. The average Bonchev–Trinajstić information content (AvgIpc) is 2.75. The van der Waals surface area contributed by atoms with E-state index in [0.717, 1.165) is 12.2 Å². The van der Waals surface area contributed by atoms with Crippen LogP contribution in [0.15, 0.2) is 12.3 Å². The smallest absolute Gasteiger partial charge is 0.332 e. The Hall–Kier alpha value is -1.69. The van der Waals surface area contributed by atoms with Crippen LogP contribution in [0, 0.1) is 6.92 Å². The Bertz CT molecular complexity index is 411. The van der Waals surface area contributed by atoms with Gasteiger partial charge in [0.1, 0.15) is 11.6 Å². The largest absolute Gasteiger partial charge is 0.479 e. The minimum atomic E-state index is -0.884. The number of carboxylic acids is 1. The van der Waals surface area contributed by atoms with E-state index in [2.05, 4.69) is 15.3 Å². The van der Waals surface area contributed by atoms with Crippen molar-refractivity contribution in [2.24, 2.45) is 0 Å². The molecule has 2 N–H and O–H groups in total. The third-order valence-electron chi connectivity index (χ3n) is 2.67. The molecule has 1 aliphatic rings. The third kappa shape index (κ3) is 3.13. The number of carbonyl (C=O) groups is 1. The van der Waals surface area contributed by atoms with Gasteiger partial charge in [0.25, 0.3) is 0 Å². The molecule has 6 nitrogen and oxygen atoms in total. The first-order valence-corrected chi connectivity index (χ1v) is 5.57. The first kappa shape index (κ1) is 11.8. The molecule has 2 rings (SSSR count). The zero-order chi connectivity index (χ0) is 12.3. The van der Waals surface area contributed by atoms with E-state index in [1.54, 1.807) is 12.3 Å². The van der Waals surface area contributed by atoms with E-state index in [1.165, 1.54) is 0 Å². The van der Waals surface area contributed by atoms with Crippen LogP contribution in [0.1, 0.15) is 18.7 Å². The van der Waals surface area contributed by atoms with Gasteiger partial charge >= 0.3 is 5.97 Å². The van der Waals surface area contributed by atoms with Crippen LogP contribution in [-0.2, 0) is 9.53 Å². The van der Waals surface area contributed by atoms with Crippen LogP contribution in [0.25, 0.3) is 0 Å². The number of aliphatic carboxylic acids is 1. The fourth-order valence-electron chi connectivity index (χ4n) is 1.81. The Morgan fingerprint density at radius 3 is 3.12 bits per heavy atom. The molecule has 0 aromatic carbocycles. The SMILES string of the molecule is Cc1nccc(NC[C@@H]2CC[C@H](C(=O)O)O2)n1. The number of nitrogens with one attached hydrogen (secondary N) is 1. The number of hydrogen-bond donors (Lipinski definition) is 2. The topological polar surface area (TPSA) is 84.3 Å². The second kappa shape index (κ2) is 5.09. The molecule has 2 atom stereocenters. The average molecular weight is 237 g/mol. The second-order valence-electron chi connectivity index (χ2n) is 4.03. The summed E-state index contributed by atoms with van der Waals surface area (Å²) >= 11 is 0. The Kier molecular flexibility index (Phi) is 3.53. The van der Waals surface area contributed by atoms with Crippen molar-refractivity contribution in [2.45, 2.75) is 32.0 Å². The minimum Gasteiger partial charge on any atom is -0.479 e. The lowest BCUT2D eigenvalue weighted by Crippen LogP contribution is -2.24. The van der Waals surface area contributed by atoms with Gasteiger partial charge in [0.15, 0.2) is 6.10 Å². The minimum absolute atomic E-state index is 0.0635. The molecule has 0 aliphatic carbocycles. The molecule has 6 heteroatoms. The van der Waals surface area contributed by atoms with Crippen molar-refractivity contribution in [2.75, 3.05) is 11.9 Å². The molecule has 0 bridgehead atoms. The fraction of sp³-hybridized carbons (Fsp3) is 0.545. The van der Waals surface area contributed by atoms with Crippen LogP contribution in [0.5, 0.6) is 0 Å². The molecule has 2 heterocycles. The molecule has 17 heavy (non-hydrogen) atoms. The molecule has 1 saturated heterocycles. The summed E-state index contributed by atoms with van der Waals surface area (Å²) in [7, 11) is 0. The molecule has 1 aliphatic heterocycles. The van der Waals surface area contributed by atoms with Crippen LogP contribution < -0.4 is 5.32 Å². The van der Waals surface area contributed by atoms with Gasteiger partial charge in [0.05, 0.1) is 6.10 Å². The number of aromatic nitrogens is 2. The summed E-state index contributed by atoms with van der Waals surface area (Å²) < 4.78 is 5.37. The normalized spacial score (nSPS) is 23.6. The molecule has 1 aromatic heterocycles. The van der Waals surface area contributed by atoms with Gasteiger partial charge in [-0.15, -0.1) is 0 Å². The molecule has 1 fully saturated rings. The molecule has 0 radical (unpaired) electrons. The van der Waals surface area contributed by atoms with Gasteiger partial charge in [0, 0.05) is 12.7 Å². The first-order chi connectivity index (χ1) is 8.15. The van der Waals surface area contributed by atoms with E-state index in [-0.39, 0.29) is 6.10 Å². The van der Waals surface area contributed by atoms with E-state index < -0.39 is 12.1 Å². The second-order valence-corrected chi connectivity index (χ2v) is 4.03. The van der Waals surface area contributed by atoms with Gasteiger partial charge in [-0.2, -0.15) is 0 Å². The number of hydrogen-bond acceptors (Lipinski definition) is 5. The van der Waals surface area contributed by atoms with E-state index in [4.69, 9.17) is 9.84 Å². The van der Waals surface area contributed by atoms with Crippen molar-refractivity contribution in [1.82, 2.24) is 9.97 Å². The van der Waals surface area contributed by atoms with E-state index in [9.17, 15) is 4.79 Å². The summed E-state index contributed by atoms with van der Waals surface area (Å²) in [5, 5.41) is 11.9. The van der Waals surface area contributed by atoms with Crippen LogP contribution in [0.4, 0.5) is 5.82 Å². The Morgan fingerprint density at radius 2 is 2.47 bits per heavy atom. The lowest BCUT2D eigenvalue weighted by atomic mass is 10.2. The maximum absolute atomic E-state index is 10.7. The van der Waals surface area contributed by atoms with Crippen LogP contribution in [-0.4, -0.2) is 39.8 Å². The lowest BCUT2D eigenvalue weighted by Gasteiger charge is -2.12. The maximum Gasteiger partial charge on any atom is 0.332 e. The summed E-state index contributed by atoms with van der Waals surface area (Å²) in [5.74, 6) is 0.552. The molecule has 0 spiro atoms. The third-order valence-corrected chi connectivity index (χ3v) is 2.67. The maximum atomic E-state index is 10.7. The Balaban J connectivity index is 1.82. The summed E-state index contributed by atoms with van der Waals surface area (Å²) in [4.78, 5) is 18.9. The van der Waals surface area contributed by atoms with Gasteiger partial charge in [0.2, 0.25) is 0 Å². The summed E-state index contributed by atoms with van der Waals surface area (Å²) in [6, 6.07) is 1.77. The number of carboxylic acid groups (broad SMARTS) is 1. The lowest BCUT2D eigenvalue weighted by molar-refractivity contribution is -0.149.